The average molecular weight is 345 g/mol. The summed E-state index contributed by atoms with van der Waals surface area (Å²) >= 11 is 0. The molecule has 1 aromatic carbocycles. The highest BCUT2D eigenvalue weighted by atomic mass is 16.5. The third-order valence-corrected chi connectivity index (χ3v) is 5.76. The predicted octanol–water partition coefficient (Wildman–Crippen LogP) is 2.04. The maximum Gasteiger partial charge on any atom is 0.236 e. The summed E-state index contributed by atoms with van der Waals surface area (Å²) in [6.45, 7) is 4.32. The molecule has 3 rings (SSSR count). The van der Waals surface area contributed by atoms with E-state index >= 15 is 0 Å². The smallest absolute Gasteiger partial charge is 0.236 e. The number of para-hydroxylation sites is 1. The van der Waals surface area contributed by atoms with Gasteiger partial charge in [-0.05, 0) is 50.9 Å². The number of piperidine rings is 1. The Morgan fingerprint density at radius 2 is 1.88 bits per heavy atom. The summed E-state index contributed by atoms with van der Waals surface area (Å²) in [5.41, 5.74) is 1.28. The van der Waals surface area contributed by atoms with E-state index in [1.165, 1.54) is 5.56 Å². The molecule has 1 amide bonds. The van der Waals surface area contributed by atoms with Gasteiger partial charge in [0, 0.05) is 32.2 Å². The topological polar surface area (TPSA) is 36.0 Å². The van der Waals surface area contributed by atoms with Gasteiger partial charge in [0.2, 0.25) is 5.91 Å². The van der Waals surface area contributed by atoms with Crippen LogP contribution in [0.25, 0.3) is 0 Å². The van der Waals surface area contributed by atoms with Crippen LogP contribution in [0.2, 0.25) is 0 Å². The Hall–Kier alpha value is -1.59. The molecule has 2 saturated heterocycles. The molecule has 5 nitrogen and oxygen atoms in total. The number of carbonyl (C=O) groups is 1. The number of amides is 1. The van der Waals surface area contributed by atoms with Crippen molar-refractivity contribution < 1.29 is 9.53 Å². The SMILES string of the molecule is COc1ccccc1C1CCN(C(=O)CN2CC[C@H](N(C)C)C2)CC1. The van der Waals surface area contributed by atoms with Crippen molar-refractivity contribution in [2.24, 2.45) is 0 Å². The van der Waals surface area contributed by atoms with E-state index in [4.69, 9.17) is 4.74 Å². The van der Waals surface area contributed by atoms with Gasteiger partial charge in [-0.3, -0.25) is 9.69 Å². The molecule has 2 aliphatic heterocycles. The van der Waals surface area contributed by atoms with E-state index in [0.29, 0.717) is 18.5 Å². The second kappa shape index (κ2) is 8.19. The zero-order valence-corrected chi connectivity index (χ0v) is 15.8. The van der Waals surface area contributed by atoms with E-state index in [0.717, 1.165) is 51.2 Å². The lowest BCUT2D eigenvalue weighted by atomic mass is 9.89. The molecule has 0 saturated carbocycles. The van der Waals surface area contributed by atoms with Crippen LogP contribution in [0.4, 0.5) is 0 Å². The molecule has 0 aromatic heterocycles. The molecular weight excluding hydrogens is 314 g/mol. The molecule has 0 unspecified atom stereocenters. The van der Waals surface area contributed by atoms with Crippen LogP contribution in [0.1, 0.15) is 30.7 Å². The molecular formula is C20H31N3O2. The fraction of sp³-hybridized carbons (Fsp3) is 0.650. The van der Waals surface area contributed by atoms with Crippen LogP contribution in [0, 0.1) is 0 Å². The van der Waals surface area contributed by atoms with Crippen molar-refractivity contribution >= 4 is 5.91 Å². The number of rotatable bonds is 5. The van der Waals surface area contributed by atoms with E-state index in [9.17, 15) is 4.79 Å². The highest BCUT2D eigenvalue weighted by molar-refractivity contribution is 5.78. The van der Waals surface area contributed by atoms with Crippen LogP contribution in [0.5, 0.6) is 5.75 Å². The molecule has 1 aromatic rings. The lowest BCUT2D eigenvalue weighted by Crippen LogP contribution is -2.44. The third-order valence-electron chi connectivity index (χ3n) is 5.76. The second-order valence-electron chi connectivity index (χ2n) is 7.54. The Morgan fingerprint density at radius 3 is 2.52 bits per heavy atom. The van der Waals surface area contributed by atoms with Crippen molar-refractivity contribution in [3.05, 3.63) is 29.8 Å². The van der Waals surface area contributed by atoms with Gasteiger partial charge >= 0.3 is 0 Å². The maximum atomic E-state index is 12.6. The van der Waals surface area contributed by atoms with Crippen molar-refractivity contribution in [1.82, 2.24) is 14.7 Å². The number of hydrogen-bond donors (Lipinski definition) is 0. The zero-order valence-electron chi connectivity index (χ0n) is 15.8. The van der Waals surface area contributed by atoms with Gasteiger partial charge in [0.1, 0.15) is 5.75 Å². The summed E-state index contributed by atoms with van der Waals surface area (Å²) in [6.07, 6.45) is 3.20. The van der Waals surface area contributed by atoms with Crippen LogP contribution >= 0.6 is 0 Å². The quantitative estimate of drug-likeness (QED) is 0.818. The van der Waals surface area contributed by atoms with Crippen LogP contribution < -0.4 is 4.74 Å². The largest absolute Gasteiger partial charge is 0.496 e. The molecule has 5 heteroatoms. The molecule has 0 spiro atoms. The van der Waals surface area contributed by atoms with E-state index in [2.05, 4.69) is 40.9 Å². The Morgan fingerprint density at radius 1 is 1.16 bits per heavy atom. The van der Waals surface area contributed by atoms with Gasteiger partial charge in [-0.15, -0.1) is 0 Å². The minimum absolute atomic E-state index is 0.290. The first-order chi connectivity index (χ1) is 12.1. The Labute approximate surface area is 151 Å². The first-order valence-electron chi connectivity index (χ1n) is 9.38. The first-order valence-corrected chi connectivity index (χ1v) is 9.38. The second-order valence-corrected chi connectivity index (χ2v) is 7.54. The summed E-state index contributed by atoms with van der Waals surface area (Å²) < 4.78 is 5.50. The lowest BCUT2D eigenvalue weighted by Gasteiger charge is -2.33. The predicted molar refractivity (Wildman–Crippen MR) is 100 cm³/mol. The van der Waals surface area contributed by atoms with Crippen LogP contribution in [0.3, 0.4) is 0 Å². The molecule has 1 atom stereocenters. The highest BCUT2D eigenvalue weighted by Gasteiger charge is 2.29. The first kappa shape index (κ1) is 18.2. The van der Waals surface area contributed by atoms with Crippen LogP contribution in [-0.2, 0) is 4.79 Å². The normalized spacial score (nSPS) is 22.6. The number of likely N-dealkylation sites (tertiary alicyclic amines) is 2. The summed E-state index contributed by atoms with van der Waals surface area (Å²) in [5.74, 6) is 1.75. The van der Waals surface area contributed by atoms with E-state index in [1.807, 2.05) is 12.1 Å². The number of hydrogen-bond acceptors (Lipinski definition) is 4. The average Bonchev–Trinajstić information content (AvgIpc) is 3.10. The molecule has 0 aliphatic carbocycles. The van der Waals surface area contributed by atoms with E-state index in [1.54, 1.807) is 7.11 Å². The van der Waals surface area contributed by atoms with Gasteiger partial charge in [-0.2, -0.15) is 0 Å². The Bertz CT molecular complexity index is 582. The summed E-state index contributed by atoms with van der Waals surface area (Å²) in [5, 5.41) is 0. The fourth-order valence-electron chi connectivity index (χ4n) is 4.11. The number of nitrogens with zero attached hydrogens (tertiary/aromatic N) is 3. The van der Waals surface area contributed by atoms with Gasteiger partial charge in [0.25, 0.3) is 0 Å². The van der Waals surface area contributed by atoms with Crippen LogP contribution in [0.15, 0.2) is 24.3 Å². The van der Waals surface area contributed by atoms with Gasteiger partial charge < -0.3 is 14.5 Å². The molecule has 2 aliphatic rings. The summed E-state index contributed by atoms with van der Waals surface area (Å²) in [6, 6.07) is 8.86. The van der Waals surface area contributed by atoms with Gasteiger partial charge in [-0.1, -0.05) is 18.2 Å². The van der Waals surface area contributed by atoms with E-state index < -0.39 is 0 Å². The number of carbonyl (C=O) groups excluding carboxylic acids is 1. The molecule has 2 heterocycles. The zero-order chi connectivity index (χ0) is 17.8. The Balaban J connectivity index is 1.50. The number of methoxy groups -OCH3 is 1. The maximum absolute atomic E-state index is 12.6. The van der Waals surface area contributed by atoms with Crippen molar-refractivity contribution in [3.63, 3.8) is 0 Å². The molecule has 138 valence electrons. The van der Waals surface area contributed by atoms with Gasteiger partial charge in [0.05, 0.1) is 13.7 Å². The monoisotopic (exact) mass is 345 g/mol. The van der Waals surface area contributed by atoms with Crippen LogP contribution in [-0.4, -0.2) is 80.6 Å². The van der Waals surface area contributed by atoms with Crippen molar-refractivity contribution in [1.29, 1.82) is 0 Å². The molecule has 0 N–H and O–H groups in total. The molecule has 2 fully saturated rings. The lowest BCUT2D eigenvalue weighted by molar-refractivity contribution is -0.133. The molecule has 0 bridgehead atoms. The van der Waals surface area contributed by atoms with Crippen molar-refractivity contribution in [2.45, 2.75) is 31.2 Å². The van der Waals surface area contributed by atoms with Crippen molar-refractivity contribution in [2.75, 3.05) is 53.9 Å². The minimum Gasteiger partial charge on any atom is -0.496 e. The Kier molecular flexibility index (Phi) is 5.97. The van der Waals surface area contributed by atoms with E-state index in [-0.39, 0.29) is 5.91 Å². The third kappa shape index (κ3) is 4.33. The standard InChI is InChI=1S/C20H31N3O2/c1-21(2)17-10-11-22(14-17)15-20(24)23-12-8-16(9-13-23)18-6-4-5-7-19(18)25-3/h4-7,16-17H,8-15H2,1-3H3/t17-/m0/s1. The number of ether oxygens (including phenoxy) is 1. The van der Waals surface area contributed by atoms with Gasteiger partial charge in [-0.25, -0.2) is 0 Å². The number of likely N-dealkylation sites (N-methyl/N-ethyl adjacent to an activating group) is 1. The minimum atomic E-state index is 0.290. The summed E-state index contributed by atoms with van der Waals surface area (Å²) in [7, 11) is 5.98. The highest BCUT2D eigenvalue weighted by Crippen LogP contribution is 2.34. The van der Waals surface area contributed by atoms with Crippen molar-refractivity contribution in [3.8, 4) is 5.75 Å². The molecule has 0 radical (unpaired) electrons. The number of benzene rings is 1. The van der Waals surface area contributed by atoms with Gasteiger partial charge in [0.15, 0.2) is 0 Å². The fourth-order valence-corrected chi connectivity index (χ4v) is 4.11. The summed E-state index contributed by atoms with van der Waals surface area (Å²) in [4.78, 5) is 19.3. The molecule has 25 heavy (non-hydrogen) atoms.